The standard InChI is InChI=1S/C33H58N2O2.C12H24N2O3/c1-3-5-7-9-11-13-15-17-19-24-28-34-33(37)31(29-30-25-21-20-22-26-30)35-32(36)27-23-18-16-14-12-10-8-6-4-2;1-2-3-4-8-11(15)14-10(12(16)17)7-5-6-9-13/h20-22,25-26,31H,3-19,23-24,27-29H2,1-2H3,(H,34,37)(H,35,36);10H,2-9,13H2,1H3,(H,14,15)(H,16,17)/t31-;10-/m00/s1. The zero-order chi connectivity index (χ0) is 39.9. The number of nitrogens with one attached hydrogen (secondary N) is 3. The van der Waals surface area contributed by atoms with E-state index >= 15 is 0 Å². The first kappa shape index (κ1) is 51.1. The van der Waals surface area contributed by atoms with Crippen LogP contribution in [0.25, 0.3) is 0 Å². The quantitative estimate of drug-likeness (QED) is 0.0435. The van der Waals surface area contributed by atoms with Crippen molar-refractivity contribution in [3.63, 3.8) is 0 Å². The van der Waals surface area contributed by atoms with Crippen molar-refractivity contribution in [3.8, 4) is 0 Å². The van der Waals surface area contributed by atoms with Crippen LogP contribution in [0.2, 0.25) is 0 Å². The Morgan fingerprint density at radius 3 is 1.46 bits per heavy atom. The number of rotatable bonds is 35. The van der Waals surface area contributed by atoms with E-state index in [9.17, 15) is 19.2 Å². The Hall–Kier alpha value is -2.94. The number of carboxylic acid groups (broad SMARTS) is 1. The Labute approximate surface area is 330 Å². The number of aliphatic carboxylic acids is 1. The van der Waals surface area contributed by atoms with E-state index in [-0.39, 0.29) is 17.7 Å². The van der Waals surface area contributed by atoms with E-state index in [0.29, 0.717) is 38.8 Å². The first-order valence-electron chi connectivity index (χ1n) is 22.1. The molecule has 0 spiro atoms. The van der Waals surface area contributed by atoms with Crippen molar-refractivity contribution in [2.24, 2.45) is 5.73 Å². The molecule has 0 fully saturated rings. The highest BCUT2D eigenvalue weighted by Crippen LogP contribution is 2.12. The number of hydrogen-bond acceptors (Lipinski definition) is 5. The predicted octanol–water partition coefficient (Wildman–Crippen LogP) is 9.94. The normalized spacial score (nSPS) is 11.9. The minimum atomic E-state index is -0.967. The molecule has 54 heavy (non-hydrogen) atoms. The van der Waals surface area contributed by atoms with Gasteiger partial charge in [0.15, 0.2) is 0 Å². The Kier molecular flexibility index (Phi) is 36.3. The second-order valence-electron chi connectivity index (χ2n) is 15.1. The Morgan fingerprint density at radius 1 is 0.556 bits per heavy atom. The molecular weight excluding hydrogens is 677 g/mol. The summed E-state index contributed by atoms with van der Waals surface area (Å²) in [5.74, 6) is -1.19. The van der Waals surface area contributed by atoms with Crippen molar-refractivity contribution >= 4 is 23.7 Å². The van der Waals surface area contributed by atoms with Crippen LogP contribution in [0.1, 0.15) is 200 Å². The highest BCUT2D eigenvalue weighted by Gasteiger charge is 2.21. The summed E-state index contributed by atoms with van der Waals surface area (Å²) >= 11 is 0. The molecule has 0 aliphatic carbocycles. The number of carbonyl (C=O) groups is 4. The average molecular weight is 759 g/mol. The highest BCUT2D eigenvalue weighted by molar-refractivity contribution is 5.87. The van der Waals surface area contributed by atoms with Gasteiger partial charge in [-0.3, -0.25) is 14.4 Å². The van der Waals surface area contributed by atoms with Gasteiger partial charge in [-0.1, -0.05) is 173 Å². The molecule has 312 valence electrons. The summed E-state index contributed by atoms with van der Waals surface area (Å²) in [6, 6.07) is 8.72. The molecule has 1 aromatic rings. The molecule has 0 aliphatic heterocycles. The Bertz CT molecular complexity index is 1040. The van der Waals surface area contributed by atoms with Crippen molar-refractivity contribution in [2.75, 3.05) is 13.1 Å². The van der Waals surface area contributed by atoms with E-state index < -0.39 is 18.1 Å². The fourth-order valence-electron chi connectivity index (χ4n) is 6.42. The van der Waals surface area contributed by atoms with Crippen LogP contribution in [-0.2, 0) is 25.6 Å². The molecule has 0 unspecified atom stereocenters. The second kappa shape index (κ2) is 38.3. The molecule has 0 saturated heterocycles. The fraction of sp³-hybridized carbons (Fsp3) is 0.778. The van der Waals surface area contributed by atoms with Crippen molar-refractivity contribution < 1.29 is 24.3 Å². The van der Waals surface area contributed by atoms with Crippen molar-refractivity contribution in [1.82, 2.24) is 16.0 Å². The highest BCUT2D eigenvalue weighted by atomic mass is 16.4. The van der Waals surface area contributed by atoms with Crippen LogP contribution in [0.15, 0.2) is 30.3 Å². The van der Waals surface area contributed by atoms with Gasteiger partial charge in [-0.2, -0.15) is 0 Å². The molecule has 1 aromatic carbocycles. The summed E-state index contributed by atoms with van der Waals surface area (Å²) in [6.45, 7) is 7.81. The van der Waals surface area contributed by atoms with Crippen molar-refractivity contribution in [2.45, 2.75) is 213 Å². The molecular formula is C45H82N4O5. The van der Waals surface area contributed by atoms with Crippen molar-refractivity contribution in [1.29, 1.82) is 0 Å². The average Bonchev–Trinajstić information content (AvgIpc) is 3.16. The molecule has 9 heteroatoms. The van der Waals surface area contributed by atoms with Crippen LogP contribution in [0, 0.1) is 0 Å². The second-order valence-corrected chi connectivity index (χ2v) is 15.1. The van der Waals surface area contributed by atoms with Gasteiger partial charge < -0.3 is 26.8 Å². The van der Waals surface area contributed by atoms with Gasteiger partial charge in [-0.05, 0) is 50.6 Å². The molecule has 0 saturated carbocycles. The zero-order valence-corrected chi connectivity index (χ0v) is 34.9. The lowest BCUT2D eigenvalue weighted by Gasteiger charge is -2.19. The summed E-state index contributed by atoms with van der Waals surface area (Å²) in [4.78, 5) is 47.9. The molecule has 0 aromatic heterocycles. The molecule has 3 amide bonds. The first-order chi connectivity index (χ1) is 26.3. The van der Waals surface area contributed by atoms with Crippen LogP contribution in [0.5, 0.6) is 0 Å². The van der Waals surface area contributed by atoms with Crippen LogP contribution < -0.4 is 21.7 Å². The molecule has 1 rings (SSSR count). The van der Waals surface area contributed by atoms with Gasteiger partial charge >= 0.3 is 5.97 Å². The van der Waals surface area contributed by atoms with Gasteiger partial charge in [-0.25, -0.2) is 4.79 Å². The Balaban J connectivity index is 0.00000138. The third-order valence-corrected chi connectivity index (χ3v) is 9.86. The zero-order valence-electron chi connectivity index (χ0n) is 34.9. The van der Waals surface area contributed by atoms with Gasteiger partial charge in [-0.15, -0.1) is 0 Å². The predicted molar refractivity (Wildman–Crippen MR) is 225 cm³/mol. The SMILES string of the molecule is CCCCCC(=O)N[C@@H](CCCCN)C(=O)O.CCCCCCCCCCCCNC(=O)[C@H](Cc1ccccc1)NC(=O)CCCCCCCCCCC. The van der Waals surface area contributed by atoms with E-state index in [1.807, 2.05) is 30.3 Å². The van der Waals surface area contributed by atoms with Gasteiger partial charge in [0, 0.05) is 25.8 Å². The Morgan fingerprint density at radius 2 is 0.981 bits per heavy atom. The van der Waals surface area contributed by atoms with Crippen LogP contribution >= 0.6 is 0 Å². The first-order valence-corrected chi connectivity index (χ1v) is 22.1. The van der Waals surface area contributed by atoms with Gasteiger partial charge in [0.2, 0.25) is 17.7 Å². The summed E-state index contributed by atoms with van der Waals surface area (Å²) in [6.07, 6.45) is 30.2. The van der Waals surface area contributed by atoms with Gasteiger partial charge in [0.1, 0.15) is 12.1 Å². The largest absolute Gasteiger partial charge is 0.480 e. The third kappa shape index (κ3) is 32.5. The molecule has 6 N–H and O–H groups in total. The maximum absolute atomic E-state index is 12.9. The number of benzene rings is 1. The molecule has 0 aliphatic rings. The minimum absolute atomic E-state index is 0.00189. The monoisotopic (exact) mass is 759 g/mol. The topological polar surface area (TPSA) is 151 Å². The molecule has 2 atom stereocenters. The summed E-state index contributed by atoms with van der Waals surface area (Å²) in [5.41, 5.74) is 6.41. The lowest BCUT2D eigenvalue weighted by atomic mass is 10.0. The number of nitrogens with two attached hydrogens (primary N) is 1. The van der Waals surface area contributed by atoms with Crippen LogP contribution in [0.4, 0.5) is 0 Å². The van der Waals surface area contributed by atoms with E-state index in [1.165, 1.54) is 96.3 Å². The number of carboxylic acids is 1. The summed E-state index contributed by atoms with van der Waals surface area (Å²) in [7, 11) is 0. The summed E-state index contributed by atoms with van der Waals surface area (Å²) in [5, 5.41) is 17.6. The molecule has 0 bridgehead atoms. The van der Waals surface area contributed by atoms with E-state index in [0.717, 1.165) is 63.4 Å². The third-order valence-electron chi connectivity index (χ3n) is 9.86. The fourth-order valence-corrected chi connectivity index (χ4v) is 6.42. The molecule has 0 heterocycles. The van der Waals surface area contributed by atoms with E-state index in [4.69, 9.17) is 10.8 Å². The maximum atomic E-state index is 12.9. The van der Waals surface area contributed by atoms with Crippen molar-refractivity contribution in [3.05, 3.63) is 35.9 Å². The lowest BCUT2D eigenvalue weighted by molar-refractivity contribution is -0.142. The number of hydrogen-bond donors (Lipinski definition) is 5. The number of amides is 3. The lowest BCUT2D eigenvalue weighted by Crippen LogP contribution is -2.48. The number of carbonyl (C=O) groups excluding carboxylic acids is 3. The molecule has 9 nitrogen and oxygen atoms in total. The van der Waals surface area contributed by atoms with Gasteiger partial charge in [0.25, 0.3) is 0 Å². The maximum Gasteiger partial charge on any atom is 0.326 e. The van der Waals surface area contributed by atoms with E-state index in [1.54, 1.807) is 0 Å². The molecule has 0 radical (unpaired) electrons. The minimum Gasteiger partial charge on any atom is -0.480 e. The van der Waals surface area contributed by atoms with Crippen LogP contribution in [0.3, 0.4) is 0 Å². The smallest absolute Gasteiger partial charge is 0.326 e. The van der Waals surface area contributed by atoms with Gasteiger partial charge in [0.05, 0.1) is 0 Å². The summed E-state index contributed by atoms with van der Waals surface area (Å²) < 4.78 is 0. The number of unbranched alkanes of at least 4 members (excludes halogenated alkanes) is 20. The van der Waals surface area contributed by atoms with Crippen LogP contribution in [-0.4, -0.2) is 54.0 Å². The van der Waals surface area contributed by atoms with E-state index in [2.05, 4.69) is 36.7 Å².